The third-order valence-electron chi connectivity index (χ3n) is 2.73. The smallest absolute Gasteiger partial charge is 0.0522 e. The number of aromatic nitrogens is 2. The Labute approximate surface area is 92.9 Å². The van der Waals surface area contributed by atoms with E-state index in [1.54, 1.807) is 0 Å². The van der Waals surface area contributed by atoms with E-state index in [4.69, 9.17) is 0 Å². The second kappa shape index (κ2) is 6.62. The predicted molar refractivity (Wildman–Crippen MR) is 63.9 cm³/mol. The number of nitrogens with one attached hydrogen (secondary N) is 1. The van der Waals surface area contributed by atoms with E-state index >= 15 is 0 Å². The van der Waals surface area contributed by atoms with Crippen LogP contribution >= 0.6 is 0 Å². The van der Waals surface area contributed by atoms with Crippen molar-refractivity contribution in [3.63, 3.8) is 0 Å². The monoisotopic (exact) mass is 209 g/mol. The molecule has 1 atom stereocenters. The maximum atomic E-state index is 4.16. The normalized spacial score (nSPS) is 13.0. The fraction of sp³-hybridized carbons (Fsp3) is 0.750. The van der Waals surface area contributed by atoms with Crippen molar-refractivity contribution < 1.29 is 0 Å². The molecule has 15 heavy (non-hydrogen) atoms. The zero-order chi connectivity index (χ0) is 11.1. The molecule has 1 heterocycles. The summed E-state index contributed by atoms with van der Waals surface area (Å²) in [6.07, 6.45) is 8.88. The van der Waals surface area contributed by atoms with E-state index in [2.05, 4.69) is 30.5 Å². The molecule has 0 aliphatic carbocycles. The first-order chi connectivity index (χ1) is 7.26. The van der Waals surface area contributed by atoms with Gasteiger partial charge in [0.2, 0.25) is 0 Å². The second-order valence-corrected chi connectivity index (χ2v) is 4.12. The van der Waals surface area contributed by atoms with Gasteiger partial charge in [-0.2, -0.15) is 5.10 Å². The van der Waals surface area contributed by atoms with Gasteiger partial charge in [-0.05, 0) is 31.4 Å². The molecule has 1 N–H and O–H groups in total. The van der Waals surface area contributed by atoms with Crippen molar-refractivity contribution in [3.05, 3.63) is 18.0 Å². The molecule has 3 heteroatoms. The van der Waals surface area contributed by atoms with Crippen molar-refractivity contribution in [2.45, 2.75) is 45.6 Å². The fourth-order valence-corrected chi connectivity index (χ4v) is 1.82. The van der Waals surface area contributed by atoms with E-state index in [0.717, 1.165) is 13.0 Å². The summed E-state index contributed by atoms with van der Waals surface area (Å²) in [6.45, 7) is 5.55. The van der Waals surface area contributed by atoms with Crippen LogP contribution in [0, 0.1) is 0 Å². The van der Waals surface area contributed by atoms with Gasteiger partial charge in [-0.25, -0.2) is 0 Å². The highest BCUT2D eigenvalue weighted by Gasteiger charge is 2.03. The molecule has 0 aromatic carbocycles. The molecule has 1 unspecified atom stereocenters. The molecule has 1 aromatic heterocycles. The third kappa shape index (κ3) is 4.47. The van der Waals surface area contributed by atoms with Crippen LogP contribution in [0.1, 0.15) is 38.7 Å². The van der Waals surface area contributed by atoms with Crippen LogP contribution in [-0.4, -0.2) is 22.4 Å². The Hall–Kier alpha value is -0.830. The summed E-state index contributed by atoms with van der Waals surface area (Å²) in [7, 11) is 1.96. The van der Waals surface area contributed by atoms with Crippen LogP contribution in [0.4, 0.5) is 0 Å². The van der Waals surface area contributed by atoms with Crippen LogP contribution in [0.3, 0.4) is 0 Å². The molecule has 0 radical (unpaired) electrons. The van der Waals surface area contributed by atoms with E-state index < -0.39 is 0 Å². The number of hydrogen-bond acceptors (Lipinski definition) is 2. The molecule has 0 saturated heterocycles. The summed E-state index contributed by atoms with van der Waals surface area (Å²) < 4.78 is 1.86. The van der Waals surface area contributed by atoms with Gasteiger partial charge in [-0.15, -0.1) is 0 Å². The van der Waals surface area contributed by atoms with Crippen molar-refractivity contribution in [3.8, 4) is 0 Å². The van der Waals surface area contributed by atoms with Gasteiger partial charge in [-0.3, -0.25) is 4.68 Å². The topological polar surface area (TPSA) is 29.9 Å². The molecule has 1 aromatic rings. The number of hydrogen-bond donors (Lipinski definition) is 1. The first-order valence-corrected chi connectivity index (χ1v) is 5.97. The van der Waals surface area contributed by atoms with Crippen LogP contribution in [0.15, 0.2) is 12.4 Å². The summed E-state index contributed by atoms with van der Waals surface area (Å²) in [5.41, 5.74) is 1.32. The summed E-state index contributed by atoms with van der Waals surface area (Å²) in [5.74, 6) is 0. The minimum absolute atomic E-state index is 0.687. The maximum Gasteiger partial charge on any atom is 0.0522 e. The molecule has 86 valence electrons. The van der Waals surface area contributed by atoms with Gasteiger partial charge < -0.3 is 5.32 Å². The van der Waals surface area contributed by atoms with Crippen LogP contribution in [-0.2, 0) is 13.5 Å². The SMILES string of the molecule is CCCC(CC)NCCc1cnn(C)c1. The molecule has 0 fully saturated rings. The lowest BCUT2D eigenvalue weighted by Crippen LogP contribution is -2.30. The summed E-state index contributed by atoms with van der Waals surface area (Å²) in [4.78, 5) is 0. The summed E-state index contributed by atoms with van der Waals surface area (Å²) in [5, 5.41) is 7.75. The average Bonchev–Trinajstić information content (AvgIpc) is 2.63. The van der Waals surface area contributed by atoms with Crippen LogP contribution in [0.2, 0.25) is 0 Å². The van der Waals surface area contributed by atoms with Crippen molar-refractivity contribution in [2.75, 3.05) is 6.54 Å². The van der Waals surface area contributed by atoms with Gasteiger partial charge in [-0.1, -0.05) is 20.3 Å². The first kappa shape index (κ1) is 12.2. The van der Waals surface area contributed by atoms with Gasteiger partial charge in [0, 0.05) is 19.3 Å². The Balaban J connectivity index is 2.20. The Morgan fingerprint density at radius 2 is 2.27 bits per heavy atom. The highest BCUT2D eigenvalue weighted by molar-refractivity contribution is 5.03. The number of nitrogens with zero attached hydrogens (tertiary/aromatic N) is 2. The third-order valence-corrected chi connectivity index (χ3v) is 2.73. The minimum Gasteiger partial charge on any atom is -0.314 e. The van der Waals surface area contributed by atoms with Crippen LogP contribution in [0.25, 0.3) is 0 Å². The molecule has 1 rings (SSSR count). The molecular weight excluding hydrogens is 186 g/mol. The van der Waals surface area contributed by atoms with E-state index in [-0.39, 0.29) is 0 Å². The standard InChI is InChI=1S/C12H23N3/c1-4-6-12(5-2)13-8-7-11-9-14-15(3)10-11/h9-10,12-13H,4-8H2,1-3H3. The van der Waals surface area contributed by atoms with E-state index in [1.807, 2.05) is 17.9 Å². The average molecular weight is 209 g/mol. The molecule has 0 aliphatic heterocycles. The molecule has 0 amide bonds. The van der Waals surface area contributed by atoms with Gasteiger partial charge in [0.05, 0.1) is 6.20 Å². The molecule has 3 nitrogen and oxygen atoms in total. The van der Waals surface area contributed by atoms with Crippen molar-refractivity contribution >= 4 is 0 Å². The predicted octanol–water partition coefficient (Wildman–Crippen LogP) is 2.13. The zero-order valence-corrected chi connectivity index (χ0v) is 10.2. The molecule has 0 spiro atoms. The molecule has 0 saturated carbocycles. The van der Waals surface area contributed by atoms with E-state index in [9.17, 15) is 0 Å². The lowest BCUT2D eigenvalue weighted by molar-refractivity contribution is 0.466. The van der Waals surface area contributed by atoms with Crippen molar-refractivity contribution in [1.82, 2.24) is 15.1 Å². The van der Waals surface area contributed by atoms with Gasteiger partial charge in [0.1, 0.15) is 0 Å². The maximum absolute atomic E-state index is 4.16. The van der Waals surface area contributed by atoms with Crippen molar-refractivity contribution in [2.24, 2.45) is 7.05 Å². The fourth-order valence-electron chi connectivity index (χ4n) is 1.82. The van der Waals surface area contributed by atoms with Gasteiger partial charge in [0.15, 0.2) is 0 Å². The Morgan fingerprint density at radius 3 is 2.80 bits per heavy atom. The lowest BCUT2D eigenvalue weighted by atomic mass is 10.1. The quantitative estimate of drug-likeness (QED) is 0.745. The number of aryl methyl sites for hydroxylation is 1. The second-order valence-electron chi connectivity index (χ2n) is 4.12. The van der Waals surface area contributed by atoms with Crippen molar-refractivity contribution in [1.29, 1.82) is 0 Å². The summed E-state index contributed by atoms with van der Waals surface area (Å²) in [6, 6.07) is 0.687. The Bertz CT molecular complexity index is 268. The molecular formula is C12H23N3. The van der Waals surface area contributed by atoms with Crippen LogP contribution < -0.4 is 5.32 Å². The molecule has 0 bridgehead atoms. The lowest BCUT2D eigenvalue weighted by Gasteiger charge is -2.15. The minimum atomic E-state index is 0.687. The van der Waals surface area contributed by atoms with E-state index in [1.165, 1.54) is 24.8 Å². The highest BCUT2D eigenvalue weighted by Crippen LogP contribution is 2.02. The first-order valence-electron chi connectivity index (χ1n) is 5.97. The number of rotatable bonds is 7. The Morgan fingerprint density at radius 1 is 1.47 bits per heavy atom. The van der Waals surface area contributed by atoms with Gasteiger partial charge in [0.25, 0.3) is 0 Å². The summed E-state index contributed by atoms with van der Waals surface area (Å²) >= 11 is 0. The molecule has 0 aliphatic rings. The van der Waals surface area contributed by atoms with E-state index in [0.29, 0.717) is 6.04 Å². The Kier molecular flexibility index (Phi) is 5.40. The van der Waals surface area contributed by atoms with Crippen LogP contribution in [0.5, 0.6) is 0 Å². The highest BCUT2D eigenvalue weighted by atomic mass is 15.2. The zero-order valence-electron chi connectivity index (χ0n) is 10.2. The van der Waals surface area contributed by atoms with Gasteiger partial charge >= 0.3 is 0 Å². The largest absolute Gasteiger partial charge is 0.314 e.